The maximum atomic E-state index is 11.6. The van der Waals surface area contributed by atoms with Crippen LogP contribution in [0.1, 0.15) is 24.1 Å². The summed E-state index contributed by atoms with van der Waals surface area (Å²) in [5.41, 5.74) is 0.307. The Hall–Kier alpha value is -1.85. The third-order valence-electron chi connectivity index (χ3n) is 2.47. The standard InChI is InChI=1S/C10H13N3O3/c1-5-7(4-8(14)15)9(16)13-10(11-5)12-6-2-3-6/h6H,2-4H2,1H3,(H,14,15)(H2,11,12,13,16). The maximum absolute atomic E-state index is 11.6. The first-order valence-electron chi connectivity index (χ1n) is 5.14. The van der Waals surface area contributed by atoms with Crippen molar-refractivity contribution in [2.45, 2.75) is 32.2 Å². The average molecular weight is 223 g/mol. The third-order valence-corrected chi connectivity index (χ3v) is 2.47. The third kappa shape index (κ3) is 2.39. The topological polar surface area (TPSA) is 95.1 Å². The molecule has 0 unspecified atom stereocenters. The van der Waals surface area contributed by atoms with Crippen molar-refractivity contribution in [2.75, 3.05) is 5.32 Å². The first-order valence-corrected chi connectivity index (χ1v) is 5.14. The number of hydrogen-bond donors (Lipinski definition) is 3. The van der Waals surface area contributed by atoms with E-state index in [1.54, 1.807) is 6.92 Å². The van der Waals surface area contributed by atoms with Crippen LogP contribution in [0.3, 0.4) is 0 Å². The number of nitrogens with zero attached hydrogens (tertiary/aromatic N) is 1. The quantitative estimate of drug-likeness (QED) is 0.681. The summed E-state index contributed by atoms with van der Waals surface area (Å²) in [5, 5.41) is 11.7. The fourth-order valence-corrected chi connectivity index (χ4v) is 1.46. The molecular formula is C10H13N3O3. The van der Waals surface area contributed by atoms with Crippen molar-refractivity contribution < 1.29 is 9.90 Å². The van der Waals surface area contributed by atoms with Gasteiger partial charge in [-0.05, 0) is 19.8 Å². The van der Waals surface area contributed by atoms with Gasteiger partial charge in [-0.3, -0.25) is 14.6 Å². The molecule has 0 aromatic carbocycles. The van der Waals surface area contributed by atoms with Gasteiger partial charge in [-0.25, -0.2) is 4.98 Å². The zero-order valence-electron chi connectivity index (χ0n) is 8.91. The normalized spacial score (nSPS) is 14.8. The van der Waals surface area contributed by atoms with Gasteiger partial charge < -0.3 is 10.4 Å². The molecule has 1 fully saturated rings. The summed E-state index contributed by atoms with van der Waals surface area (Å²) in [4.78, 5) is 28.8. The molecule has 86 valence electrons. The lowest BCUT2D eigenvalue weighted by molar-refractivity contribution is -0.136. The molecule has 0 spiro atoms. The molecule has 16 heavy (non-hydrogen) atoms. The highest BCUT2D eigenvalue weighted by molar-refractivity contribution is 5.70. The van der Waals surface area contributed by atoms with Gasteiger partial charge >= 0.3 is 5.97 Å². The number of carbonyl (C=O) groups is 1. The van der Waals surface area contributed by atoms with Crippen LogP contribution in [0, 0.1) is 6.92 Å². The van der Waals surface area contributed by atoms with Gasteiger partial charge in [0.15, 0.2) is 0 Å². The molecule has 0 aliphatic heterocycles. The van der Waals surface area contributed by atoms with Crippen LogP contribution in [-0.4, -0.2) is 27.1 Å². The molecule has 1 aromatic heterocycles. The van der Waals surface area contributed by atoms with Crippen LogP contribution in [0.2, 0.25) is 0 Å². The van der Waals surface area contributed by atoms with Crippen molar-refractivity contribution in [1.29, 1.82) is 0 Å². The van der Waals surface area contributed by atoms with E-state index in [-0.39, 0.29) is 17.5 Å². The van der Waals surface area contributed by atoms with Crippen LogP contribution in [0.25, 0.3) is 0 Å². The molecule has 3 N–H and O–H groups in total. The Bertz CT molecular complexity index is 477. The van der Waals surface area contributed by atoms with Crippen molar-refractivity contribution in [3.63, 3.8) is 0 Å². The Labute approximate surface area is 91.7 Å². The number of carboxylic acids is 1. The first-order chi connectivity index (χ1) is 7.56. The van der Waals surface area contributed by atoms with Crippen molar-refractivity contribution in [1.82, 2.24) is 9.97 Å². The fourth-order valence-electron chi connectivity index (χ4n) is 1.46. The summed E-state index contributed by atoms with van der Waals surface area (Å²) in [6.45, 7) is 1.64. The number of aromatic amines is 1. The van der Waals surface area contributed by atoms with Crippen molar-refractivity contribution >= 4 is 11.9 Å². The summed E-state index contributed by atoms with van der Waals surface area (Å²) in [5.74, 6) is -0.600. The second kappa shape index (κ2) is 3.96. The minimum atomic E-state index is -1.03. The Kier molecular flexibility index (Phi) is 2.64. The molecule has 1 aliphatic rings. The molecule has 0 radical (unpaired) electrons. The molecular weight excluding hydrogens is 210 g/mol. The van der Waals surface area contributed by atoms with E-state index in [0.29, 0.717) is 17.7 Å². The highest BCUT2D eigenvalue weighted by Gasteiger charge is 2.22. The van der Waals surface area contributed by atoms with Gasteiger partial charge in [0.25, 0.3) is 5.56 Å². The van der Waals surface area contributed by atoms with Crippen molar-refractivity contribution in [2.24, 2.45) is 0 Å². The van der Waals surface area contributed by atoms with Gasteiger partial charge in [0.05, 0.1) is 12.1 Å². The SMILES string of the molecule is Cc1nc(NC2CC2)[nH]c(=O)c1CC(=O)O. The van der Waals surface area contributed by atoms with E-state index >= 15 is 0 Å². The fraction of sp³-hybridized carbons (Fsp3) is 0.500. The van der Waals surface area contributed by atoms with E-state index in [0.717, 1.165) is 12.8 Å². The molecule has 6 heteroatoms. The molecule has 1 aromatic rings. The largest absolute Gasteiger partial charge is 0.481 e. The molecule has 0 bridgehead atoms. The molecule has 2 rings (SSSR count). The van der Waals surface area contributed by atoms with Gasteiger partial charge in [0.1, 0.15) is 0 Å². The minimum absolute atomic E-state index is 0.217. The number of anilines is 1. The van der Waals surface area contributed by atoms with Crippen LogP contribution in [0.4, 0.5) is 5.95 Å². The zero-order chi connectivity index (χ0) is 11.7. The molecule has 1 aliphatic carbocycles. The second-order valence-corrected chi connectivity index (χ2v) is 3.97. The van der Waals surface area contributed by atoms with Gasteiger partial charge in [0.2, 0.25) is 5.95 Å². The Morgan fingerprint density at radius 2 is 2.31 bits per heavy atom. The lowest BCUT2D eigenvalue weighted by Gasteiger charge is -2.06. The Morgan fingerprint density at radius 1 is 1.62 bits per heavy atom. The summed E-state index contributed by atoms with van der Waals surface area (Å²) < 4.78 is 0. The number of carboxylic acid groups (broad SMARTS) is 1. The second-order valence-electron chi connectivity index (χ2n) is 3.97. The number of aryl methyl sites for hydroxylation is 1. The van der Waals surface area contributed by atoms with E-state index in [9.17, 15) is 9.59 Å². The number of aromatic nitrogens is 2. The van der Waals surface area contributed by atoms with Crippen molar-refractivity contribution in [3.8, 4) is 0 Å². The van der Waals surface area contributed by atoms with Crippen LogP contribution in [-0.2, 0) is 11.2 Å². The summed E-state index contributed by atoms with van der Waals surface area (Å²) >= 11 is 0. The molecule has 1 heterocycles. The predicted molar refractivity (Wildman–Crippen MR) is 57.6 cm³/mol. The molecule has 0 atom stereocenters. The lowest BCUT2D eigenvalue weighted by atomic mass is 10.2. The predicted octanol–water partition coefficient (Wildman–Crippen LogP) is 0.280. The number of rotatable bonds is 4. The monoisotopic (exact) mass is 223 g/mol. The van der Waals surface area contributed by atoms with Gasteiger partial charge in [-0.1, -0.05) is 0 Å². The lowest BCUT2D eigenvalue weighted by Crippen LogP contribution is -2.22. The molecule has 1 saturated carbocycles. The highest BCUT2D eigenvalue weighted by Crippen LogP contribution is 2.22. The van der Waals surface area contributed by atoms with Gasteiger partial charge in [-0.2, -0.15) is 0 Å². The van der Waals surface area contributed by atoms with Crippen LogP contribution in [0.5, 0.6) is 0 Å². The minimum Gasteiger partial charge on any atom is -0.481 e. The van der Waals surface area contributed by atoms with E-state index < -0.39 is 5.97 Å². The van der Waals surface area contributed by atoms with Crippen LogP contribution in [0.15, 0.2) is 4.79 Å². The average Bonchev–Trinajstić information content (AvgIpc) is 2.95. The molecule has 0 saturated heterocycles. The first kappa shape index (κ1) is 10.7. The number of hydrogen-bond acceptors (Lipinski definition) is 4. The smallest absolute Gasteiger partial charge is 0.308 e. The van der Waals surface area contributed by atoms with Crippen LogP contribution < -0.4 is 10.9 Å². The van der Waals surface area contributed by atoms with Gasteiger partial charge in [-0.15, -0.1) is 0 Å². The highest BCUT2D eigenvalue weighted by atomic mass is 16.4. The molecule has 0 amide bonds. The summed E-state index contributed by atoms with van der Waals surface area (Å²) in [6.07, 6.45) is 1.87. The van der Waals surface area contributed by atoms with E-state index in [4.69, 9.17) is 5.11 Å². The summed E-state index contributed by atoms with van der Waals surface area (Å²) in [6, 6.07) is 0.396. The maximum Gasteiger partial charge on any atom is 0.308 e. The number of aliphatic carboxylic acids is 1. The van der Waals surface area contributed by atoms with Crippen LogP contribution >= 0.6 is 0 Å². The zero-order valence-corrected chi connectivity index (χ0v) is 8.91. The van der Waals surface area contributed by atoms with Gasteiger partial charge in [0, 0.05) is 11.6 Å². The number of H-pyrrole nitrogens is 1. The van der Waals surface area contributed by atoms with E-state index in [2.05, 4.69) is 15.3 Å². The Balaban J connectivity index is 2.26. The van der Waals surface area contributed by atoms with E-state index in [1.807, 2.05) is 0 Å². The molecule has 6 nitrogen and oxygen atoms in total. The summed E-state index contributed by atoms with van der Waals surface area (Å²) in [7, 11) is 0. The number of nitrogens with one attached hydrogen (secondary N) is 2. The van der Waals surface area contributed by atoms with E-state index in [1.165, 1.54) is 0 Å². The Morgan fingerprint density at radius 3 is 2.81 bits per heavy atom. The van der Waals surface area contributed by atoms with Crippen molar-refractivity contribution in [3.05, 3.63) is 21.6 Å².